The second-order valence-corrected chi connectivity index (χ2v) is 5.60. The van der Waals surface area contributed by atoms with Crippen LogP contribution < -0.4 is 15.4 Å². The van der Waals surface area contributed by atoms with Crippen molar-refractivity contribution in [2.45, 2.75) is 13.3 Å². The van der Waals surface area contributed by atoms with Crippen molar-refractivity contribution in [3.8, 4) is 0 Å². The maximum Gasteiger partial charge on any atom is 0.208 e. The molecule has 8 heteroatoms. The van der Waals surface area contributed by atoms with Crippen molar-refractivity contribution >= 4 is 21.7 Å². The molecule has 0 radical (unpaired) electrons. The predicted octanol–water partition coefficient (Wildman–Crippen LogP) is 0.260. The number of aromatic nitrogens is 2. The topological polar surface area (TPSA) is 96.0 Å². The van der Waals surface area contributed by atoms with Crippen LogP contribution in [0.4, 0.5) is 11.6 Å². The molecule has 102 valence electrons. The number of sulfonamides is 1. The van der Waals surface area contributed by atoms with Crippen molar-refractivity contribution < 1.29 is 8.42 Å². The van der Waals surface area contributed by atoms with Crippen molar-refractivity contribution in [2.75, 3.05) is 36.5 Å². The number of nitrogens with zero attached hydrogens (tertiary/aromatic N) is 2. The minimum atomic E-state index is -3.10. The number of rotatable bonds is 8. The van der Waals surface area contributed by atoms with E-state index in [1.54, 1.807) is 12.4 Å². The summed E-state index contributed by atoms with van der Waals surface area (Å²) in [6, 6.07) is 0. The van der Waals surface area contributed by atoms with Gasteiger partial charge in [-0.3, -0.25) is 4.98 Å². The van der Waals surface area contributed by atoms with Crippen LogP contribution >= 0.6 is 0 Å². The molecule has 1 aromatic rings. The Morgan fingerprint density at radius 3 is 2.44 bits per heavy atom. The molecule has 1 rings (SSSR count). The monoisotopic (exact) mass is 273 g/mol. The van der Waals surface area contributed by atoms with Gasteiger partial charge in [0.05, 0.1) is 18.6 Å². The molecule has 1 heterocycles. The van der Waals surface area contributed by atoms with E-state index in [1.807, 2.05) is 6.92 Å². The van der Waals surface area contributed by atoms with Crippen molar-refractivity contribution in [3.63, 3.8) is 0 Å². The Kier molecular flexibility index (Phi) is 5.79. The number of anilines is 2. The summed E-state index contributed by atoms with van der Waals surface area (Å²) < 4.78 is 24.1. The first-order valence-corrected chi connectivity index (χ1v) is 7.65. The molecule has 0 saturated heterocycles. The fraction of sp³-hybridized carbons (Fsp3) is 0.600. The molecule has 1 aromatic heterocycles. The van der Waals surface area contributed by atoms with E-state index in [9.17, 15) is 8.42 Å². The summed E-state index contributed by atoms with van der Waals surface area (Å²) in [5.74, 6) is 1.39. The molecule has 0 atom stereocenters. The third-order valence-corrected chi connectivity index (χ3v) is 2.74. The number of hydrogen-bond donors (Lipinski definition) is 3. The molecular weight excluding hydrogens is 254 g/mol. The van der Waals surface area contributed by atoms with Gasteiger partial charge in [0.15, 0.2) is 0 Å². The molecule has 3 N–H and O–H groups in total. The maximum absolute atomic E-state index is 10.8. The zero-order chi connectivity index (χ0) is 13.4. The Morgan fingerprint density at radius 1 is 1.17 bits per heavy atom. The van der Waals surface area contributed by atoms with Crippen LogP contribution in [0.15, 0.2) is 12.4 Å². The predicted molar refractivity (Wildman–Crippen MR) is 72.1 cm³/mol. The molecule has 0 amide bonds. The summed E-state index contributed by atoms with van der Waals surface area (Å²) in [4.78, 5) is 8.33. The zero-order valence-corrected chi connectivity index (χ0v) is 11.4. The first kappa shape index (κ1) is 14.7. The summed E-state index contributed by atoms with van der Waals surface area (Å²) in [6.45, 7) is 3.81. The minimum absolute atomic E-state index is 0.409. The molecular formula is C10H19N5O2S. The second-order valence-electron chi connectivity index (χ2n) is 3.77. The van der Waals surface area contributed by atoms with Gasteiger partial charge < -0.3 is 10.6 Å². The molecule has 0 unspecified atom stereocenters. The standard InChI is InChI=1S/C10H19N5O2S/c1-3-12-9-7-11-8-10(15-9)13-5-4-6-14-18(2,16)17/h7-8,14H,3-6H2,1-2H3,(H2,12,13,15). The van der Waals surface area contributed by atoms with E-state index in [2.05, 4.69) is 25.3 Å². The normalized spacial score (nSPS) is 11.2. The molecule has 0 aromatic carbocycles. The van der Waals surface area contributed by atoms with Gasteiger partial charge in [0.25, 0.3) is 0 Å². The highest BCUT2D eigenvalue weighted by atomic mass is 32.2. The van der Waals surface area contributed by atoms with E-state index in [-0.39, 0.29) is 0 Å². The maximum atomic E-state index is 10.8. The Morgan fingerprint density at radius 2 is 1.83 bits per heavy atom. The largest absolute Gasteiger partial charge is 0.369 e. The first-order valence-electron chi connectivity index (χ1n) is 5.75. The Labute approximate surface area is 107 Å². The molecule has 0 bridgehead atoms. The fourth-order valence-electron chi connectivity index (χ4n) is 1.28. The second kappa shape index (κ2) is 7.12. The first-order chi connectivity index (χ1) is 8.51. The van der Waals surface area contributed by atoms with E-state index >= 15 is 0 Å². The summed E-state index contributed by atoms with van der Waals surface area (Å²) in [6.07, 6.45) is 5.11. The Bertz CT molecular complexity index is 463. The summed E-state index contributed by atoms with van der Waals surface area (Å²) in [5.41, 5.74) is 0. The quantitative estimate of drug-likeness (QED) is 0.588. The van der Waals surface area contributed by atoms with Crippen LogP contribution in [0.1, 0.15) is 13.3 Å². The van der Waals surface area contributed by atoms with Crippen LogP contribution in [-0.2, 0) is 10.0 Å². The van der Waals surface area contributed by atoms with Crippen molar-refractivity contribution in [3.05, 3.63) is 12.4 Å². The SMILES string of the molecule is CCNc1cncc(NCCCNS(C)(=O)=O)n1. The lowest BCUT2D eigenvalue weighted by Crippen LogP contribution is -2.24. The van der Waals surface area contributed by atoms with E-state index in [0.717, 1.165) is 18.6 Å². The molecule has 0 aliphatic carbocycles. The van der Waals surface area contributed by atoms with Crippen LogP contribution in [0, 0.1) is 0 Å². The lowest BCUT2D eigenvalue weighted by atomic mass is 10.4. The van der Waals surface area contributed by atoms with Gasteiger partial charge in [-0.1, -0.05) is 0 Å². The molecule has 0 aliphatic rings. The van der Waals surface area contributed by atoms with Gasteiger partial charge in [0.1, 0.15) is 11.6 Å². The van der Waals surface area contributed by atoms with Gasteiger partial charge in [-0.25, -0.2) is 18.1 Å². The van der Waals surface area contributed by atoms with Crippen LogP contribution in [0.3, 0.4) is 0 Å². The smallest absolute Gasteiger partial charge is 0.208 e. The van der Waals surface area contributed by atoms with Crippen LogP contribution in [0.2, 0.25) is 0 Å². The van der Waals surface area contributed by atoms with Gasteiger partial charge >= 0.3 is 0 Å². The molecule has 0 spiro atoms. The lowest BCUT2D eigenvalue weighted by Gasteiger charge is -2.07. The third-order valence-electron chi connectivity index (χ3n) is 2.02. The number of hydrogen-bond acceptors (Lipinski definition) is 6. The van der Waals surface area contributed by atoms with E-state index in [1.165, 1.54) is 0 Å². The molecule has 18 heavy (non-hydrogen) atoms. The number of nitrogens with one attached hydrogen (secondary N) is 3. The van der Waals surface area contributed by atoms with Crippen molar-refractivity contribution in [1.29, 1.82) is 0 Å². The van der Waals surface area contributed by atoms with Crippen LogP contribution in [0.5, 0.6) is 0 Å². The Balaban J connectivity index is 2.28. The van der Waals surface area contributed by atoms with E-state index in [4.69, 9.17) is 0 Å². The van der Waals surface area contributed by atoms with Gasteiger partial charge in [-0.15, -0.1) is 0 Å². The average molecular weight is 273 g/mol. The van der Waals surface area contributed by atoms with E-state index < -0.39 is 10.0 Å². The highest BCUT2D eigenvalue weighted by Crippen LogP contribution is 2.05. The molecule has 0 aliphatic heterocycles. The molecule has 0 saturated carbocycles. The van der Waals surface area contributed by atoms with E-state index in [0.29, 0.717) is 25.3 Å². The van der Waals surface area contributed by atoms with Gasteiger partial charge in [0, 0.05) is 19.6 Å². The lowest BCUT2D eigenvalue weighted by molar-refractivity contribution is 0.586. The third kappa shape index (κ3) is 6.36. The molecule has 0 fully saturated rings. The summed E-state index contributed by atoms with van der Waals surface area (Å²) in [7, 11) is -3.10. The van der Waals surface area contributed by atoms with Crippen LogP contribution in [0.25, 0.3) is 0 Å². The molecule has 7 nitrogen and oxygen atoms in total. The highest BCUT2D eigenvalue weighted by molar-refractivity contribution is 7.88. The van der Waals surface area contributed by atoms with Crippen molar-refractivity contribution in [1.82, 2.24) is 14.7 Å². The van der Waals surface area contributed by atoms with Gasteiger partial charge in [-0.2, -0.15) is 0 Å². The van der Waals surface area contributed by atoms with Crippen LogP contribution in [-0.4, -0.2) is 44.3 Å². The minimum Gasteiger partial charge on any atom is -0.369 e. The van der Waals surface area contributed by atoms with Crippen molar-refractivity contribution in [2.24, 2.45) is 0 Å². The summed E-state index contributed by atoms with van der Waals surface area (Å²) in [5, 5.41) is 6.15. The highest BCUT2D eigenvalue weighted by Gasteiger charge is 2.00. The Hall–Kier alpha value is -1.41. The average Bonchev–Trinajstić information content (AvgIpc) is 2.28. The summed E-state index contributed by atoms with van der Waals surface area (Å²) >= 11 is 0. The van der Waals surface area contributed by atoms with Gasteiger partial charge in [0.2, 0.25) is 10.0 Å². The zero-order valence-electron chi connectivity index (χ0n) is 10.6. The fourth-order valence-corrected chi connectivity index (χ4v) is 1.79. The van der Waals surface area contributed by atoms with Gasteiger partial charge in [-0.05, 0) is 13.3 Å².